The molecule has 3 rings (SSSR count). The number of anilines is 1. The molecule has 2 aromatic heterocycles. The van der Waals surface area contributed by atoms with Crippen LogP contribution in [-0.4, -0.2) is 26.0 Å². The number of benzene rings is 1. The van der Waals surface area contributed by atoms with Crippen LogP contribution in [0.15, 0.2) is 46.5 Å². The fourth-order valence-corrected chi connectivity index (χ4v) is 3.13. The van der Waals surface area contributed by atoms with Crippen LogP contribution < -0.4 is 11.0 Å². The van der Waals surface area contributed by atoms with E-state index in [4.69, 9.17) is 11.6 Å². The zero-order valence-electron chi connectivity index (χ0n) is 14.2. The summed E-state index contributed by atoms with van der Waals surface area (Å²) in [4.78, 5) is 32.2. The predicted molar refractivity (Wildman–Crippen MR) is 99.8 cm³/mol. The highest BCUT2D eigenvalue weighted by molar-refractivity contribution is 7.99. The van der Waals surface area contributed by atoms with Crippen LogP contribution in [-0.2, 0) is 11.0 Å². The first-order chi connectivity index (χ1) is 13.1. The number of nitrogens with zero attached hydrogens (tertiary/aromatic N) is 3. The number of rotatable bonds is 4. The number of alkyl halides is 3. The van der Waals surface area contributed by atoms with E-state index in [2.05, 4.69) is 15.3 Å². The lowest BCUT2D eigenvalue weighted by molar-refractivity contribution is -0.137. The second kappa shape index (κ2) is 7.80. The minimum Gasteiger partial charge on any atom is -0.324 e. The standard InChI is InChI=1S/C17H12ClF3N4O2S/c1-9-3-2-6-25-14(9)23-15(24-16(25)27)28-8-13(26)22-12-7-10(17(19,20)21)4-5-11(12)18/h2-7H,8H2,1H3,(H,22,26). The Morgan fingerprint density at radius 2 is 2.04 bits per heavy atom. The lowest BCUT2D eigenvalue weighted by Crippen LogP contribution is -2.20. The number of hydrogen-bond donors (Lipinski definition) is 1. The molecule has 2 heterocycles. The minimum absolute atomic E-state index is 0.0258. The van der Waals surface area contributed by atoms with Gasteiger partial charge in [0.25, 0.3) is 0 Å². The number of halogens is 4. The van der Waals surface area contributed by atoms with Crippen LogP contribution in [0.4, 0.5) is 18.9 Å². The normalized spacial score (nSPS) is 11.6. The molecule has 0 saturated heterocycles. The lowest BCUT2D eigenvalue weighted by atomic mass is 10.2. The lowest BCUT2D eigenvalue weighted by Gasteiger charge is -2.11. The van der Waals surface area contributed by atoms with Crippen molar-refractivity contribution in [1.29, 1.82) is 0 Å². The Balaban J connectivity index is 1.74. The van der Waals surface area contributed by atoms with Crippen LogP contribution in [0.1, 0.15) is 11.1 Å². The van der Waals surface area contributed by atoms with Crippen molar-refractivity contribution >= 4 is 40.6 Å². The third-order valence-corrected chi connectivity index (χ3v) is 4.84. The first kappa shape index (κ1) is 20.2. The Kier molecular flexibility index (Phi) is 5.61. The summed E-state index contributed by atoms with van der Waals surface area (Å²) in [6.07, 6.45) is -3.03. The van der Waals surface area contributed by atoms with Crippen molar-refractivity contribution < 1.29 is 18.0 Å². The molecule has 0 aliphatic heterocycles. The molecular formula is C17H12ClF3N4O2S. The zero-order chi connectivity index (χ0) is 20.5. The molecular weight excluding hydrogens is 417 g/mol. The summed E-state index contributed by atoms with van der Waals surface area (Å²) >= 11 is 6.74. The molecule has 1 aromatic carbocycles. The number of hydrogen-bond acceptors (Lipinski definition) is 5. The van der Waals surface area contributed by atoms with Gasteiger partial charge in [-0.2, -0.15) is 18.2 Å². The van der Waals surface area contributed by atoms with Gasteiger partial charge in [0.15, 0.2) is 5.16 Å². The molecule has 0 aliphatic carbocycles. The molecule has 3 aromatic rings. The summed E-state index contributed by atoms with van der Waals surface area (Å²) in [6, 6.07) is 6.10. The van der Waals surface area contributed by atoms with Gasteiger partial charge in [0.05, 0.1) is 22.0 Å². The fourth-order valence-electron chi connectivity index (χ4n) is 2.33. The number of nitrogens with one attached hydrogen (secondary N) is 1. The van der Waals surface area contributed by atoms with Crippen LogP contribution in [0.25, 0.3) is 5.65 Å². The van der Waals surface area contributed by atoms with Gasteiger partial charge in [-0.05, 0) is 36.8 Å². The Morgan fingerprint density at radius 1 is 1.29 bits per heavy atom. The number of pyridine rings is 1. The highest BCUT2D eigenvalue weighted by Gasteiger charge is 2.31. The van der Waals surface area contributed by atoms with Gasteiger partial charge in [-0.25, -0.2) is 9.78 Å². The molecule has 146 valence electrons. The quantitative estimate of drug-likeness (QED) is 0.640. The van der Waals surface area contributed by atoms with Crippen LogP contribution in [0.2, 0.25) is 5.02 Å². The summed E-state index contributed by atoms with van der Waals surface area (Å²) < 4.78 is 39.7. The predicted octanol–water partition coefficient (Wildman–Crippen LogP) is 3.80. The van der Waals surface area contributed by atoms with Gasteiger partial charge in [-0.15, -0.1) is 0 Å². The van der Waals surface area contributed by atoms with Gasteiger partial charge in [0.1, 0.15) is 5.65 Å². The topological polar surface area (TPSA) is 76.4 Å². The second-order valence-electron chi connectivity index (χ2n) is 5.70. The molecule has 0 aliphatic rings. The van der Waals surface area contributed by atoms with Gasteiger partial charge >= 0.3 is 11.9 Å². The summed E-state index contributed by atoms with van der Waals surface area (Å²) in [5, 5.41) is 2.39. The summed E-state index contributed by atoms with van der Waals surface area (Å²) in [5.41, 5.74) is -0.466. The number of carbonyl (C=O) groups is 1. The first-order valence-electron chi connectivity index (χ1n) is 7.80. The Hall–Kier alpha value is -2.59. The molecule has 0 atom stereocenters. The Morgan fingerprint density at radius 3 is 2.75 bits per heavy atom. The van der Waals surface area contributed by atoms with Crippen molar-refractivity contribution in [1.82, 2.24) is 14.4 Å². The maximum atomic E-state index is 12.8. The number of aryl methyl sites for hydroxylation is 1. The molecule has 0 spiro atoms. The summed E-state index contributed by atoms with van der Waals surface area (Å²) in [5.74, 6) is -0.826. The van der Waals surface area contributed by atoms with E-state index in [1.165, 1.54) is 10.6 Å². The van der Waals surface area contributed by atoms with E-state index in [9.17, 15) is 22.8 Å². The van der Waals surface area contributed by atoms with E-state index < -0.39 is 23.3 Å². The van der Waals surface area contributed by atoms with Crippen molar-refractivity contribution in [3.05, 3.63) is 63.2 Å². The molecule has 0 fully saturated rings. The molecule has 1 amide bonds. The third kappa shape index (κ3) is 4.45. The molecule has 6 nitrogen and oxygen atoms in total. The molecule has 0 saturated carbocycles. The molecule has 11 heteroatoms. The Labute approximate surface area is 165 Å². The maximum Gasteiger partial charge on any atom is 0.416 e. The van der Waals surface area contributed by atoms with Gasteiger partial charge in [0.2, 0.25) is 5.91 Å². The monoisotopic (exact) mass is 428 g/mol. The van der Waals surface area contributed by atoms with Crippen molar-refractivity contribution in [2.24, 2.45) is 0 Å². The van der Waals surface area contributed by atoms with Crippen LogP contribution in [0.3, 0.4) is 0 Å². The van der Waals surface area contributed by atoms with Gasteiger partial charge < -0.3 is 5.32 Å². The van der Waals surface area contributed by atoms with Crippen LogP contribution in [0, 0.1) is 6.92 Å². The zero-order valence-corrected chi connectivity index (χ0v) is 15.8. The van der Waals surface area contributed by atoms with Gasteiger partial charge in [0, 0.05) is 6.20 Å². The average molecular weight is 429 g/mol. The highest BCUT2D eigenvalue weighted by Crippen LogP contribution is 2.33. The number of carbonyl (C=O) groups excluding carboxylic acids is 1. The second-order valence-corrected chi connectivity index (χ2v) is 7.05. The molecule has 0 bridgehead atoms. The van der Waals surface area contributed by atoms with E-state index >= 15 is 0 Å². The van der Waals surface area contributed by atoms with E-state index in [1.54, 1.807) is 19.1 Å². The van der Waals surface area contributed by atoms with Crippen LogP contribution in [0.5, 0.6) is 0 Å². The van der Waals surface area contributed by atoms with Gasteiger partial charge in [-0.1, -0.05) is 29.4 Å². The Bertz CT molecular complexity index is 1120. The van der Waals surface area contributed by atoms with Crippen LogP contribution >= 0.6 is 23.4 Å². The number of amides is 1. The van der Waals surface area contributed by atoms with Crippen molar-refractivity contribution in [2.45, 2.75) is 18.3 Å². The molecule has 0 radical (unpaired) electrons. The minimum atomic E-state index is -4.56. The largest absolute Gasteiger partial charge is 0.416 e. The molecule has 28 heavy (non-hydrogen) atoms. The maximum absolute atomic E-state index is 12.8. The van der Waals surface area contributed by atoms with Crippen molar-refractivity contribution in [2.75, 3.05) is 11.1 Å². The highest BCUT2D eigenvalue weighted by atomic mass is 35.5. The molecule has 1 N–H and O–H groups in total. The van der Waals surface area contributed by atoms with E-state index in [-0.39, 0.29) is 21.6 Å². The smallest absolute Gasteiger partial charge is 0.324 e. The van der Waals surface area contributed by atoms with E-state index in [0.29, 0.717) is 5.65 Å². The van der Waals surface area contributed by atoms with Crippen molar-refractivity contribution in [3.63, 3.8) is 0 Å². The fraction of sp³-hybridized carbons (Fsp3) is 0.176. The SMILES string of the molecule is Cc1cccn2c(=O)nc(SCC(=O)Nc3cc(C(F)(F)F)ccc3Cl)nc12. The molecule has 0 unspecified atom stereocenters. The number of fused-ring (bicyclic) bond motifs is 1. The van der Waals surface area contributed by atoms with Gasteiger partial charge in [-0.3, -0.25) is 9.20 Å². The third-order valence-electron chi connectivity index (χ3n) is 3.66. The summed E-state index contributed by atoms with van der Waals surface area (Å²) in [6.45, 7) is 1.78. The van der Waals surface area contributed by atoms with E-state index in [0.717, 1.165) is 35.5 Å². The summed E-state index contributed by atoms with van der Waals surface area (Å²) in [7, 11) is 0. The number of thioether (sulfide) groups is 1. The average Bonchev–Trinajstić information content (AvgIpc) is 2.62. The first-order valence-corrected chi connectivity index (χ1v) is 9.17. The van der Waals surface area contributed by atoms with Crippen molar-refractivity contribution in [3.8, 4) is 0 Å². The number of aromatic nitrogens is 3. The van der Waals surface area contributed by atoms with E-state index in [1.807, 2.05) is 0 Å².